The Balaban J connectivity index is 2.29. The average molecular weight is 530 g/mol. The summed E-state index contributed by atoms with van der Waals surface area (Å²) in [5, 5.41) is 41.4. The number of carbonyl (C=O) groups excluding carboxylic acids is 1. The van der Waals surface area contributed by atoms with Crippen molar-refractivity contribution in [2.24, 2.45) is 10.2 Å². The molecule has 0 fully saturated rings. The lowest BCUT2D eigenvalue weighted by Crippen LogP contribution is -2.22. The van der Waals surface area contributed by atoms with Gasteiger partial charge in [-0.05, 0) is 57.7 Å². The smallest absolute Gasteiger partial charge is 0.272 e. The molecule has 0 aliphatic carbocycles. The second-order valence-corrected chi connectivity index (χ2v) is 8.85. The van der Waals surface area contributed by atoms with Crippen LogP contribution in [0.4, 0.5) is 28.4 Å². The van der Waals surface area contributed by atoms with Gasteiger partial charge in [-0.25, -0.2) is 0 Å². The SMILES string of the molecule is CCCCC/C=C/CCCC(=O)Nc1cc(N(CC)CC)ccc1N=Nc1c(C#N)cc([N+](=O)[O-])cc1C#N. The highest BCUT2D eigenvalue weighted by Gasteiger charge is 2.17. The molecule has 10 heteroatoms. The van der Waals surface area contributed by atoms with E-state index in [9.17, 15) is 25.4 Å². The molecule has 1 N–H and O–H groups in total. The van der Waals surface area contributed by atoms with Crippen LogP contribution in [0.2, 0.25) is 0 Å². The Morgan fingerprint density at radius 2 is 1.64 bits per heavy atom. The largest absolute Gasteiger partial charge is 0.372 e. The van der Waals surface area contributed by atoms with Gasteiger partial charge in [0, 0.05) is 37.3 Å². The predicted molar refractivity (Wildman–Crippen MR) is 152 cm³/mol. The Morgan fingerprint density at radius 1 is 1.00 bits per heavy atom. The first kappa shape index (κ1) is 30.7. The summed E-state index contributed by atoms with van der Waals surface area (Å²) >= 11 is 0. The number of hydrogen-bond donors (Lipinski definition) is 1. The number of nitro benzene ring substituents is 1. The third kappa shape index (κ3) is 9.35. The lowest BCUT2D eigenvalue weighted by molar-refractivity contribution is -0.384. The zero-order valence-corrected chi connectivity index (χ0v) is 22.8. The maximum atomic E-state index is 12.8. The molecule has 1 amide bonds. The van der Waals surface area contributed by atoms with Crippen molar-refractivity contribution in [3.63, 3.8) is 0 Å². The van der Waals surface area contributed by atoms with E-state index in [0.29, 0.717) is 24.2 Å². The van der Waals surface area contributed by atoms with Gasteiger partial charge >= 0.3 is 0 Å². The maximum Gasteiger partial charge on any atom is 0.272 e. The summed E-state index contributed by atoms with van der Waals surface area (Å²) in [5.41, 5.74) is 0.949. The van der Waals surface area contributed by atoms with Gasteiger partial charge < -0.3 is 10.2 Å². The molecule has 0 aliphatic heterocycles. The van der Waals surface area contributed by atoms with E-state index in [-0.39, 0.29) is 28.4 Å². The molecule has 2 rings (SSSR count). The number of unbranched alkanes of at least 4 members (excludes halogenated alkanes) is 4. The molecule has 0 saturated carbocycles. The van der Waals surface area contributed by atoms with E-state index in [1.54, 1.807) is 6.07 Å². The molecule has 2 aromatic carbocycles. The number of anilines is 2. The highest BCUT2D eigenvalue weighted by Crippen LogP contribution is 2.34. The molecule has 0 radical (unpaired) electrons. The Kier molecular flexibility index (Phi) is 12.8. The second kappa shape index (κ2) is 16.3. The van der Waals surface area contributed by atoms with Gasteiger partial charge in [0.05, 0.1) is 21.7 Å². The molecule has 0 heterocycles. The minimum Gasteiger partial charge on any atom is -0.372 e. The number of amides is 1. The van der Waals surface area contributed by atoms with Crippen molar-refractivity contribution < 1.29 is 9.72 Å². The number of nitro groups is 1. The van der Waals surface area contributed by atoms with Crippen molar-refractivity contribution in [2.75, 3.05) is 23.3 Å². The molecule has 0 bridgehead atoms. The summed E-state index contributed by atoms with van der Waals surface area (Å²) in [7, 11) is 0. The summed E-state index contributed by atoms with van der Waals surface area (Å²) < 4.78 is 0. The van der Waals surface area contributed by atoms with E-state index >= 15 is 0 Å². The van der Waals surface area contributed by atoms with Crippen LogP contribution in [0.15, 0.2) is 52.7 Å². The molecule has 2 aromatic rings. The summed E-state index contributed by atoms with van der Waals surface area (Å²) in [6, 6.07) is 11.2. The molecule has 10 nitrogen and oxygen atoms in total. The summed E-state index contributed by atoms with van der Waals surface area (Å²) in [4.78, 5) is 25.4. The summed E-state index contributed by atoms with van der Waals surface area (Å²) in [6.45, 7) is 7.79. The quantitative estimate of drug-likeness (QED) is 0.0816. The van der Waals surface area contributed by atoms with Crippen molar-refractivity contribution in [1.82, 2.24) is 0 Å². The molecule has 0 aromatic heterocycles. The van der Waals surface area contributed by atoms with Crippen molar-refractivity contribution in [3.05, 3.63) is 63.7 Å². The minimum atomic E-state index is -0.676. The van der Waals surface area contributed by atoms with Crippen LogP contribution in [0.3, 0.4) is 0 Å². The van der Waals surface area contributed by atoms with Gasteiger partial charge in [0.25, 0.3) is 5.69 Å². The highest BCUT2D eigenvalue weighted by molar-refractivity contribution is 5.94. The van der Waals surface area contributed by atoms with Gasteiger partial charge in [0.2, 0.25) is 5.91 Å². The lowest BCUT2D eigenvalue weighted by atomic mass is 10.1. The van der Waals surface area contributed by atoms with E-state index in [0.717, 1.165) is 43.8 Å². The van der Waals surface area contributed by atoms with Crippen molar-refractivity contribution in [2.45, 2.75) is 65.7 Å². The molecule has 0 aliphatic rings. The second-order valence-electron chi connectivity index (χ2n) is 8.85. The monoisotopic (exact) mass is 529 g/mol. The number of nitriles is 2. The summed E-state index contributed by atoms with van der Waals surface area (Å²) in [6.07, 6.45) is 10.8. The van der Waals surface area contributed by atoms with Crippen LogP contribution in [-0.2, 0) is 4.79 Å². The Morgan fingerprint density at radius 3 is 2.21 bits per heavy atom. The van der Waals surface area contributed by atoms with Crippen LogP contribution in [-0.4, -0.2) is 23.9 Å². The number of hydrogen-bond acceptors (Lipinski definition) is 8. The first-order chi connectivity index (χ1) is 18.9. The number of allylic oxidation sites excluding steroid dienone is 2. The van der Waals surface area contributed by atoms with Crippen molar-refractivity contribution in [1.29, 1.82) is 10.5 Å². The van der Waals surface area contributed by atoms with E-state index in [1.807, 2.05) is 38.1 Å². The fourth-order valence-corrected chi connectivity index (χ4v) is 3.94. The van der Waals surface area contributed by atoms with Crippen LogP contribution in [0.5, 0.6) is 0 Å². The molecular weight excluding hydrogens is 494 g/mol. The molecular formula is C29H35N7O3. The van der Waals surface area contributed by atoms with Crippen molar-refractivity contribution >= 4 is 34.3 Å². The average Bonchev–Trinajstić information content (AvgIpc) is 2.94. The molecule has 0 spiro atoms. The Bertz CT molecular complexity index is 1250. The Hall–Kier alpha value is -4.57. The zero-order valence-electron chi connectivity index (χ0n) is 22.8. The Labute approximate surface area is 229 Å². The van der Waals surface area contributed by atoms with Crippen LogP contribution in [0, 0.1) is 32.8 Å². The van der Waals surface area contributed by atoms with E-state index in [2.05, 4.69) is 39.5 Å². The molecule has 0 unspecified atom stereocenters. The van der Waals surface area contributed by atoms with E-state index < -0.39 is 4.92 Å². The van der Waals surface area contributed by atoms with Crippen LogP contribution < -0.4 is 10.2 Å². The fourth-order valence-electron chi connectivity index (χ4n) is 3.94. The molecule has 204 valence electrons. The normalized spacial score (nSPS) is 10.9. The van der Waals surface area contributed by atoms with Crippen LogP contribution in [0.1, 0.15) is 76.8 Å². The summed E-state index contributed by atoms with van der Waals surface area (Å²) in [5.74, 6) is -0.159. The minimum absolute atomic E-state index is 0.0681. The van der Waals surface area contributed by atoms with Gasteiger partial charge in [0.15, 0.2) is 0 Å². The predicted octanol–water partition coefficient (Wildman–Crippen LogP) is 7.85. The van der Waals surface area contributed by atoms with Crippen molar-refractivity contribution in [3.8, 4) is 12.1 Å². The number of benzene rings is 2. The number of nitrogens with one attached hydrogen (secondary N) is 1. The highest BCUT2D eigenvalue weighted by atomic mass is 16.6. The van der Waals surface area contributed by atoms with E-state index in [4.69, 9.17) is 0 Å². The van der Waals surface area contributed by atoms with Crippen LogP contribution >= 0.6 is 0 Å². The third-order valence-electron chi connectivity index (χ3n) is 6.10. The lowest BCUT2D eigenvalue weighted by Gasteiger charge is -2.22. The van der Waals surface area contributed by atoms with Gasteiger partial charge in [-0.1, -0.05) is 31.9 Å². The zero-order chi connectivity index (χ0) is 28.6. The number of rotatable bonds is 15. The first-order valence-corrected chi connectivity index (χ1v) is 13.3. The van der Waals surface area contributed by atoms with Gasteiger partial charge in [-0.2, -0.15) is 10.5 Å². The number of azo groups is 1. The molecule has 0 saturated heterocycles. The maximum absolute atomic E-state index is 12.8. The van der Waals surface area contributed by atoms with Crippen LogP contribution in [0.25, 0.3) is 0 Å². The van der Waals surface area contributed by atoms with Gasteiger partial charge in [-0.15, -0.1) is 10.2 Å². The third-order valence-corrected chi connectivity index (χ3v) is 6.10. The number of carbonyl (C=O) groups is 1. The molecule has 39 heavy (non-hydrogen) atoms. The van der Waals surface area contributed by atoms with Gasteiger partial charge in [-0.3, -0.25) is 14.9 Å². The van der Waals surface area contributed by atoms with E-state index in [1.165, 1.54) is 19.3 Å². The first-order valence-electron chi connectivity index (χ1n) is 13.3. The fraction of sp³-hybridized carbons (Fsp3) is 0.414. The topological polar surface area (TPSA) is 148 Å². The van der Waals surface area contributed by atoms with Gasteiger partial charge in [0.1, 0.15) is 23.5 Å². The number of non-ortho nitro benzene ring substituents is 1. The standard InChI is InChI=1S/C29H35N7O3/c1-4-7-8-9-10-11-12-13-14-28(37)32-27-19-24(35(5-2)6-3)15-16-26(27)33-34-29-22(20-30)17-25(36(38)39)18-23(29)21-31/h10-11,15-19H,4-9,12-14H2,1-3H3,(H,32,37)/b11-10+,34-33?. The molecule has 0 atom stereocenters. The number of nitrogens with zero attached hydrogens (tertiary/aromatic N) is 6.